The van der Waals surface area contributed by atoms with Crippen molar-refractivity contribution in [2.75, 3.05) is 19.0 Å². The molecular weight excluding hydrogens is 218 g/mol. The van der Waals surface area contributed by atoms with Crippen LogP contribution in [0.5, 0.6) is 0 Å². The second kappa shape index (κ2) is 4.45. The maximum absolute atomic E-state index is 11.4. The molecule has 17 heavy (non-hydrogen) atoms. The lowest BCUT2D eigenvalue weighted by Gasteiger charge is -2.19. The van der Waals surface area contributed by atoms with Gasteiger partial charge in [-0.2, -0.15) is 0 Å². The van der Waals surface area contributed by atoms with E-state index < -0.39 is 6.10 Å². The Morgan fingerprint density at radius 1 is 1.29 bits per heavy atom. The number of benzene rings is 1. The van der Waals surface area contributed by atoms with E-state index in [0.717, 1.165) is 11.3 Å². The van der Waals surface area contributed by atoms with Gasteiger partial charge in [-0.3, -0.25) is 4.79 Å². The summed E-state index contributed by atoms with van der Waals surface area (Å²) in [4.78, 5) is 18.4. The molecule has 5 nitrogen and oxygen atoms in total. The van der Waals surface area contributed by atoms with Gasteiger partial charge in [0.15, 0.2) is 5.84 Å². The maximum atomic E-state index is 11.4. The number of hydrogen-bond acceptors (Lipinski definition) is 4. The number of nitrogens with one attached hydrogen (secondary N) is 1. The van der Waals surface area contributed by atoms with Gasteiger partial charge >= 0.3 is 0 Å². The lowest BCUT2D eigenvalue weighted by molar-refractivity contribution is -0.131. The summed E-state index contributed by atoms with van der Waals surface area (Å²) >= 11 is 0. The summed E-state index contributed by atoms with van der Waals surface area (Å²) in [6, 6.07) is 7.71. The molecule has 1 heterocycles. The summed E-state index contributed by atoms with van der Waals surface area (Å²) in [6.07, 6.45) is -0.528. The first-order valence-electron chi connectivity index (χ1n) is 5.40. The predicted molar refractivity (Wildman–Crippen MR) is 66.0 cm³/mol. The summed E-state index contributed by atoms with van der Waals surface area (Å²) < 4.78 is 0. The first-order chi connectivity index (χ1) is 8.08. The molecule has 5 heteroatoms. The van der Waals surface area contributed by atoms with E-state index in [4.69, 9.17) is 4.84 Å². The number of nitrogens with zero attached hydrogens (tertiary/aromatic N) is 2. The van der Waals surface area contributed by atoms with E-state index in [2.05, 4.69) is 10.5 Å². The molecule has 0 bridgehead atoms. The van der Waals surface area contributed by atoms with Gasteiger partial charge in [0.25, 0.3) is 5.91 Å². The number of hydrogen-bond donors (Lipinski definition) is 1. The number of carbonyl (C=O) groups excluding carboxylic acids is 1. The molecule has 2 rings (SSSR count). The third kappa shape index (κ3) is 2.38. The fraction of sp³-hybridized carbons (Fsp3) is 0.333. The van der Waals surface area contributed by atoms with Gasteiger partial charge in [0.05, 0.1) is 0 Å². The zero-order valence-electron chi connectivity index (χ0n) is 10.1. The molecule has 0 fully saturated rings. The van der Waals surface area contributed by atoms with Crippen LogP contribution in [0.2, 0.25) is 0 Å². The molecule has 1 atom stereocenters. The van der Waals surface area contributed by atoms with Gasteiger partial charge < -0.3 is 15.1 Å². The second-order valence-corrected chi connectivity index (χ2v) is 4.12. The first-order valence-corrected chi connectivity index (χ1v) is 5.40. The average Bonchev–Trinajstić information content (AvgIpc) is 2.33. The SMILES string of the molecule is CC1ON=C(c2ccc(N(C)C)cc2)NC1=O. The Balaban J connectivity index is 2.21. The van der Waals surface area contributed by atoms with Crippen LogP contribution in [0.15, 0.2) is 29.4 Å². The van der Waals surface area contributed by atoms with Crippen LogP contribution in [-0.2, 0) is 9.63 Å². The molecule has 0 saturated heterocycles. The highest BCUT2D eigenvalue weighted by molar-refractivity contribution is 6.09. The van der Waals surface area contributed by atoms with Crippen LogP contribution in [0.3, 0.4) is 0 Å². The van der Waals surface area contributed by atoms with Gasteiger partial charge in [-0.05, 0) is 31.2 Å². The van der Waals surface area contributed by atoms with Crippen molar-refractivity contribution in [3.05, 3.63) is 29.8 Å². The van der Waals surface area contributed by atoms with E-state index in [-0.39, 0.29) is 5.91 Å². The standard InChI is InChI=1S/C12H15N3O2/c1-8-12(16)13-11(14-17-8)9-4-6-10(7-5-9)15(2)3/h4-8H,1-3H3,(H,13,14,16). The molecule has 1 aromatic carbocycles. The molecule has 0 spiro atoms. The van der Waals surface area contributed by atoms with E-state index in [1.807, 2.05) is 43.3 Å². The number of amidine groups is 1. The zero-order chi connectivity index (χ0) is 12.4. The van der Waals surface area contributed by atoms with Crippen LogP contribution in [0, 0.1) is 0 Å². The Morgan fingerprint density at radius 2 is 1.94 bits per heavy atom. The van der Waals surface area contributed by atoms with Crippen LogP contribution in [0.1, 0.15) is 12.5 Å². The lowest BCUT2D eigenvalue weighted by Crippen LogP contribution is -2.42. The van der Waals surface area contributed by atoms with Crippen LogP contribution in [0.4, 0.5) is 5.69 Å². The van der Waals surface area contributed by atoms with Crippen molar-refractivity contribution in [3.8, 4) is 0 Å². The number of oxime groups is 1. The normalized spacial score (nSPS) is 19.1. The van der Waals surface area contributed by atoms with Crippen LogP contribution < -0.4 is 10.2 Å². The monoisotopic (exact) mass is 233 g/mol. The van der Waals surface area contributed by atoms with Crippen molar-refractivity contribution in [1.82, 2.24) is 5.32 Å². The Kier molecular flexibility index (Phi) is 2.99. The fourth-order valence-corrected chi connectivity index (χ4v) is 1.46. The Labute approximate surface area is 100 Å². The Hall–Kier alpha value is -2.04. The highest BCUT2D eigenvalue weighted by atomic mass is 16.6. The number of amides is 1. The molecule has 1 aliphatic rings. The number of rotatable bonds is 2. The van der Waals surface area contributed by atoms with E-state index in [1.165, 1.54) is 0 Å². The molecule has 0 radical (unpaired) electrons. The minimum Gasteiger partial charge on any atom is -0.381 e. The van der Waals surface area contributed by atoms with Crippen molar-refractivity contribution < 1.29 is 9.63 Å². The third-order valence-corrected chi connectivity index (χ3v) is 2.57. The molecule has 1 N–H and O–H groups in total. The van der Waals surface area contributed by atoms with Gasteiger partial charge in [0.1, 0.15) is 0 Å². The molecular formula is C12H15N3O2. The third-order valence-electron chi connectivity index (χ3n) is 2.57. The number of anilines is 1. The highest BCUT2D eigenvalue weighted by Crippen LogP contribution is 2.13. The van der Waals surface area contributed by atoms with Crippen molar-refractivity contribution in [2.24, 2.45) is 5.16 Å². The lowest BCUT2D eigenvalue weighted by atomic mass is 10.1. The quantitative estimate of drug-likeness (QED) is 0.827. The highest BCUT2D eigenvalue weighted by Gasteiger charge is 2.22. The minimum absolute atomic E-state index is 0.174. The van der Waals surface area contributed by atoms with Gasteiger partial charge in [0.2, 0.25) is 6.10 Å². The van der Waals surface area contributed by atoms with E-state index in [1.54, 1.807) is 6.92 Å². The number of carbonyl (C=O) groups is 1. The zero-order valence-corrected chi connectivity index (χ0v) is 10.1. The Bertz CT molecular complexity index is 451. The van der Waals surface area contributed by atoms with Crippen LogP contribution in [-0.4, -0.2) is 31.9 Å². The summed E-state index contributed by atoms with van der Waals surface area (Å²) in [5.74, 6) is 0.282. The van der Waals surface area contributed by atoms with Crippen molar-refractivity contribution >= 4 is 17.4 Å². The van der Waals surface area contributed by atoms with Crippen LogP contribution >= 0.6 is 0 Å². The maximum Gasteiger partial charge on any atom is 0.269 e. The van der Waals surface area contributed by atoms with E-state index >= 15 is 0 Å². The predicted octanol–water partition coefficient (Wildman–Crippen LogP) is 0.949. The van der Waals surface area contributed by atoms with Crippen LogP contribution in [0.25, 0.3) is 0 Å². The Morgan fingerprint density at radius 3 is 2.47 bits per heavy atom. The average molecular weight is 233 g/mol. The largest absolute Gasteiger partial charge is 0.381 e. The molecule has 0 aromatic heterocycles. The molecule has 1 unspecified atom stereocenters. The molecule has 0 aliphatic carbocycles. The van der Waals surface area contributed by atoms with Crippen molar-refractivity contribution in [1.29, 1.82) is 0 Å². The van der Waals surface area contributed by atoms with E-state index in [9.17, 15) is 4.79 Å². The first kappa shape index (κ1) is 11.4. The second-order valence-electron chi connectivity index (χ2n) is 4.12. The summed E-state index contributed by atoms with van der Waals surface area (Å²) in [5, 5.41) is 6.58. The van der Waals surface area contributed by atoms with Gasteiger partial charge in [0, 0.05) is 25.3 Å². The summed E-state index contributed by atoms with van der Waals surface area (Å²) in [6.45, 7) is 1.66. The van der Waals surface area contributed by atoms with Crippen molar-refractivity contribution in [2.45, 2.75) is 13.0 Å². The van der Waals surface area contributed by atoms with Gasteiger partial charge in [-0.15, -0.1) is 0 Å². The molecule has 0 saturated carbocycles. The topological polar surface area (TPSA) is 53.9 Å². The fourth-order valence-electron chi connectivity index (χ4n) is 1.46. The summed E-state index contributed by atoms with van der Waals surface area (Å²) in [5.41, 5.74) is 1.92. The van der Waals surface area contributed by atoms with Crippen molar-refractivity contribution in [3.63, 3.8) is 0 Å². The molecule has 1 aliphatic heterocycles. The molecule has 1 amide bonds. The van der Waals surface area contributed by atoms with Gasteiger partial charge in [-0.25, -0.2) is 0 Å². The molecule has 90 valence electrons. The van der Waals surface area contributed by atoms with Gasteiger partial charge in [-0.1, -0.05) is 5.16 Å². The van der Waals surface area contributed by atoms with E-state index in [0.29, 0.717) is 5.84 Å². The minimum atomic E-state index is -0.528. The smallest absolute Gasteiger partial charge is 0.269 e. The summed E-state index contributed by atoms with van der Waals surface area (Å²) in [7, 11) is 3.94. The molecule has 1 aromatic rings.